The van der Waals surface area contributed by atoms with Crippen LogP contribution in [0.5, 0.6) is 0 Å². The second kappa shape index (κ2) is 10.7. The third-order valence-electron chi connectivity index (χ3n) is 3.73. The minimum atomic E-state index is -0.853. The monoisotopic (exact) mass is 323 g/mol. The van der Waals surface area contributed by atoms with Gasteiger partial charge < -0.3 is 10.1 Å². The van der Waals surface area contributed by atoms with Gasteiger partial charge in [0.2, 0.25) is 5.91 Å². The molecule has 6 heteroatoms. The van der Waals surface area contributed by atoms with E-state index in [2.05, 4.69) is 12.2 Å². The van der Waals surface area contributed by atoms with Gasteiger partial charge >= 0.3 is 5.97 Å². The third kappa shape index (κ3) is 7.21. The third-order valence-corrected chi connectivity index (χ3v) is 3.73. The van der Waals surface area contributed by atoms with Gasteiger partial charge in [0.05, 0.1) is 0 Å². The molecule has 0 aliphatic carbocycles. The van der Waals surface area contributed by atoms with Crippen LogP contribution in [-0.2, 0) is 23.9 Å². The van der Waals surface area contributed by atoms with Crippen LogP contribution in [0.1, 0.15) is 64.7 Å². The number of Topliss-reactive ketones (excluding diaryl/α,β-unsaturated/α-hetero) is 1. The number of carbonyl (C=O) groups excluding carboxylic acids is 4. The zero-order valence-corrected chi connectivity index (χ0v) is 13.6. The highest BCUT2D eigenvalue weighted by molar-refractivity contribution is 6.32. The van der Waals surface area contributed by atoms with E-state index in [1.54, 1.807) is 0 Å². The Bertz CT molecular complexity index is 470. The quantitative estimate of drug-likeness (QED) is 0.157. The first kappa shape index (κ1) is 19.1. The lowest BCUT2D eigenvalue weighted by Crippen LogP contribution is -2.35. The van der Waals surface area contributed by atoms with E-state index < -0.39 is 17.8 Å². The SMILES string of the molecule is CCCCCCCCC=C(OC(=O)C1CCC(=O)N1)C(=O)C=O. The van der Waals surface area contributed by atoms with E-state index in [1.165, 1.54) is 25.3 Å². The van der Waals surface area contributed by atoms with E-state index in [9.17, 15) is 19.2 Å². The van der Waals surface area contributed by atoms with Gasteiger partial charge in [-0.2, -0.15) is 0 Å². The Balaban J connectivity index is 2.43. The first-order chi connectivity index (χ1) is 11.1. The van der Waals surface area contributed by atoms with E-state index >= 15 is 0 Å². The normalized spacial score (nSPS) is 17.7. The summed E-state index contributed by atoms with van der Waals surface area (Å²) in [4.78, 5) is 45.2. The predicted octanol–water partition coefficient (Wildman–Crippen LogP) is 2.21. The largest absolute Gasteiger partial charge is 0.421 e. The van der Waals surface area contributed by atoms with Crippen molar-refractivity contribution in [1.29, 1.82) is 0 Å². The number of allylic oxidation sites excluding steroid dienone is 2. The van der Waals surface area contributed by atoms with Crippen LogP contribution in [0.3, 0.4) is 0 Å². The maximum atomic E-state index is 11.9. The molecule has 0 bridgehead atoms. The molecule has 1 saturated heterocycles. The maximum Gasteiger partial charge on any atom is 0.334 e. The van der Waals surface area contributed by atoms with Crippen molar-refractivity contribution in [2.24, 2.45) is 0 Å². The summed E-state index contributed by atoms with van der Waals surface area (Å²) in [6.45, 7) is 2.15. The molecule has 1 heterocycles. The Morgan fingerprint density at radius 1 is 1.22 bits per heavy atom. The highest BCUT2D eigenvalue weighted by Crippen LogP contribution is 2.13. The van der Waals surface area contributed by atoms with Gasteiger partial charge in [0.25, 0.3) is 5.78 Å². The van der Waals surface area contributed by atoms with Crippen LogP contribution >= 0.6 is 0 Å². The van der Waals surface area contributed by atoms with Crippen LogP contribution in [0.25, 0.3) is 0 Å². The zero-order valence-electron chi connectivity index (χ0n) is 13.6. The average Bonchev–Trinajstić information content (AvgIpc) is 2.98. The molecule has 1 fully saturated rings. The van der Waals surface area contributed by atoms with Crippen molar-refractivity contribution in [2.45, 2.75) is 70.8 Å². The molecule has 1 atom stereocenters. The number of ether oxygens (including phenoxy) is 1. The fourth-order valence-corrected chi connectivity index (χ4v) is 2.38. The molecular weight excluding hydrogens is 298 g/mol. The van der Waals surface area contributed by atoms with Crippen LogP contribution in [0, 0.1) is 0 Å². The van der Waals surface area contributed by atoms with Gasteiger partial charge in [-0.1, -0.05) is 39.0 Å². The molecule has 128 valence electrons. The molecule has 0 saturated carbocycles. The summed E-state index contributed by atoms with van der Waals surface area (Å²) < 4.78 is 5.01. The van der Waals surface area contributed by atoms with Crippen molar-refractivity contribution in [3.8, 4) is 0 Å². The van der Waals surface area contributed by atoms with Crippen LogP contribution in [-0.4, -0.2) is 30.0 Å². The number of amides is 1. The highest BCUT2D eigenvalue weighted by Gasteiger charge is 2.30. The standard InChI is InChI=1S/C17H25NO5/c1-2-3-4-5-6-7-8-9-15(14(20)12-19)23-17(22)13-10-11-16(21)18-13/h9,12-13H,2-8,10-11H2,1H3,(H,18,21). The number of nitrogens with one attached hydrogen (secondary N) is 1. The van der Waals surface area contributed by atoms with Gasteiger partial charge in [-0.25, -0.2) is 4.79 Å². The van der Waals surface area contributed by atoms with E-state index in [4.69, 9.17) is 4.74 Å². The Kier molecular flexibility index (Phi) is 8.87. The van der Waals surface area contributed by atoms with Crippen molar-refractivity contribution in [3.05, 3.63) is 11.8 Å². The van der Waals surface area contributed by atoms with Crippen LogP contribution in [0.2, 0.25) is 0 Å². The fraction of sp³-hybridized carbons (Fsp3) is 0.647. The Morgan fingerprint density at radius 2 is 1.91 bits per heavy atom. The average molecular weight is 323 g/mol. The van der Waals surface area contributed by atoms with Crippen molar-refractivity contribution in [1.82, 2.24) is 5.32 Å². The molecule has 1 aliphatic rings. The fourth-order valence-electron chi connectivity index (χ4n) is 2.38. The first-order valence-corrected chi connectivity index (χ1v) is 8.29. The van der Waals surface area contributed by atoms with Crippen molar-refractivity contribution in [3.63, 3.8) is 0 Å². The van der Waals surface area contributed by atoms with Gasteiger partial charge in [-0.05, 0) is 25.3 Å². The van der Waals surface area contributed by atoms with E-state index in [0.717, 1.165) is 19.3 Å². The molecular formula is C17H25NO5. The van der Waals surface area contributed by atoms with Gasteiger partial charge in [-0.3, -0.25) is 14.4 Å². The Labute approximate surface area is 136 Å². The van der Waals surface area contributed by atoms with Gasteiger partial charge in [0.15, 0.2) is 12.0 Å². The Hall–Kier alpha value is -1.98. The van der Waals surface area contributed by atoms with Crippen molar-refractivity contribution < 1.29 is 23.9 Å². The molecule has 0 spiro atoms. The van der Waals surface area contributed by atoms with E-state index in [0.29, 0.717) is 12.8 Å². The number of ketones is 1. The summed E-state index contributed by atoms with van der Waals surface area (Å²) in [5.41, 5.74) is 0. The minimum Gasteiger partial charge on any atom is -0.421 e. The van der Waals surface area contributed by atoms with E-state index in [-0.39, 0.29) is 24.4 Å². The second-order valence-corrected chi connectivity index (χ2v) is 5.69. The molecule has 1 amide bonds. The van der Waals surface area contributed by atoms with Crippen LogP contribution < -0.4 is 5.32 Å². The molecule has 0 aromatic carbocycles. The molecule has 23 heavy (non-hydrogen) atoms. The smallest absolute Gasteiger partial charge is 0.334 e. The topological polar surface area (TPSA) is 89.5 Å². The molecule has 0 aromatic rings. The molecule has 0 aromatic heterocycles. The lowest BCUT2D eigenvalue weighted by Gasteiger charge is -2.10. The van der Waals surface area contributed by atoms with Crippen molar-refractivity contribution in [2.75, 3.05) is 0 Å². The van der Waals surface area contributed by atoms with Crippen LogP contribution in [0.4, 0.5) is 0 Å². The summed E-state index contributed by atoms with van der Waals surface area (Å²) in [7, 11) is 0. The number of carbonyl (C=O) groups is 4. The van der Waals surface area contributed by atoms with Gasteiger partial charge in [-0.15, -0.1) is 0 Å². The van der Waals surface area contributed by atoms with Crippen LogP contribution in [0.15, 0.2) is 11.8 Å². The lowest BCUT2D eigenvalue weighted by molar-refractivity contribution is -0.145. The molecule has 1 rings (SSSR count). The number of rotatable bonds is 11. The number of hydrogen-bond donors (Lipinski definition) is 1. The molecule has 1 unspecified atom stereocenters. The summed E-state index contributed by atoms with van der Waals surface area (Å²) in [6, 6.07) is -0.737. The summed E-state index contributed by atoms with van der Waals surface area (Å²) in [6.07, 6.45) is 9.44. The molecule has 0 radical (unpaired) electrons. The number of hydrogen-bond acceptors (Lipinski definition) is 5. The number of unbranched alkanes of at least 4 members (excludes halogenated alkanes) is 6. The zero-order chi connectivity index (χ0) is 17.1. The van der Waals surface area contributed by atoms with Gasteiger partial charge in [0, 0.05) is 6.42 Å². The molecule has 6 nitrogen and oxygen atoms in total. The molecule has 1 aliphatic heterocycles. The lowest BCUT2D eigenvalue weighted by atomic mass is 10.1. The summed E-state index contributed by atoms with van der Waals surface area (Å²) in [5.74, 6) is -2.00. The van der Waals surface area contributed by atoms with E-state index in [1.807, 2.05) is 0 Å². The van der Waals surface area contributed by atoms with Gasteiger partial charge in [0.1, 0.15) is 6.04 Å². The summed E-state index contributed by atoms with van der Waals surface area (Å²) >= 11 is 0. The predicted molar refractivity (Wildman–Crippen MR) is 84.4 cm³/mol. The Morgan fingerprint density at radius 3 is 2.52 bits per heavy atom. The molecule has 1 N–H and O–H groups in total. The second-order valence-electron chi connectivity index (χ2n) is 5.69. The van der Waals surface area contributed by atoms with Crippen molar-refractivity contribution >= 4 is 23.9 Å². The number of aldehydes is 1. The summed E-state index contributed by atoms with van der Waals surface area (Å²) in [5, 5.41) is 2.47. The maximum absolute atomic E-state index is 11.9. The first-order valence-electron chi connectivity index (χ1n) is 8.29. The minimum absolute atomic E-state index is 0.133. The number of esters is 1. The highest BCUT2D eigenvalue weighted by atomic mass is 16.5.